The van der Waals surface area contributed by atoms with E-state index in [0.29, 0.717) is 6.54 Å². The Morgan fingerprint density at radius 3 is 2.75 bits per heavy atom. The van der Waals surface area contributed by atoms with Crippen molar-refractivity contribution in [2.45, 2.75) is 31.5 Å². The number of imidazole rings is 1. The molecule has 0 saturated carbocycles. The third kappa shape index (κ3) is 3.44. The normalized spacial score (nSPS) is 13.2. The number of aryl methyl sites for hydroxylation is 1. The largest absolute Gasteiger partial charge is 0.329 e. The van der Waals surface area contributed by atoms with Gasteiger partial charge in [0, 0.05) is 19.1 Å². The molecule has 0 spiro atoms. The zero-order valence-electron chi connectivity index (χ0n) is 9.25. The Hall–Kier alpha value is -0.630. The zero-order valence-corrected chi connectivity index (χ0v) is 10.9. The molecule has 0 amide bonds. The van der Waals surface area contributed by atoms with E-state index < -0.39 is 10.0 Å². The van der Waals surface area contributed by atoms with Crippen LogP contribution in [-0.4, -0.2) is 30.6 Å². The Bertz CT molecular complexity index is 417. The fourth-order valence-corrected chi connectivity index (χ4v) is 2.57. The van der Waals surface area contributed by atoms with Crippen LogP contribution in [0.3, 0.4) is 0 Å². The highest BCUT2D eigenvalue weighted by Crippen LogP contribution is 2.08. The van der Waals surface area contributed by atoms with Crippen molar-refractivity contribution in [2.24, 2.45) is 5.73 Å². The molecule has 3 N–H and O–H groups in total. The van der Waals surface area contributed by atoms with Crippen LogP contribution in [0.25, 0.3) is 0 Å². The average molecular weight is 269 g/mol. The second kappa shape index (κ2) is 6.19. The SMILES string of the molecule is CCn1cncc1S(=O)(=O)N[C@H](C)CN.Cl. The van der Waals surface area contributed by atoms with Gasteiger partial charge >= 0.3 is 0 Å². The second-order valence-electron chi connectivity index (χ2n) is 3.28. The molecule has 0 bridgehead atoms. The maximum atomic E-state index is 11.8. The van der Waals surface area contributed by atoms with Gasteiger partial charge in [-0.15, -0.1) is 12.4 Å². The molecular formula is C8H17ClN4O2S. The summed E-state index contributed by atoms with van der Waals surface area (Å²) in [6.45, 7) is 4.39. The number of nitrogens with one attached hydrogen (secondary N) is 1. The molecule has 0 unspecified atom stereocenters. The van der Waals surface area contributed by atoms with Crippen molar-refractivity contribution in [1.29, 1.82) is 0 Å². The topological polar surface area (TPSA) is 90.0 Å². The maximum absolute atomic E-state index is 11.8. The minimum absolute atomic E-state index is 0. The van der Waals surface area contributed by atoms with Gasteiger partial charge in [0.1, 0.15) is 0 Å². The van der Waals surface area contributed by atoms with Gasteiger partial charge in [0.25, 0.3) is 10.0 Å². The van der Waals surface area contributed by atoms with Gasteiger partial charge in [-0.05, 0) is 13.8 Å². The van der Waals surface area contributed by atoms with Crippen molar-refractivity contribution in [3.63, 3.8) is 0 Å². The average Bonchev–Trinajstić information content (AvgIpc) is 2.65. The Labute approximate surface area is 102 Å². The molecule has 1 atom stereocenters. The van der Waals surface area contributed by atoms with Crippen molar-refractivity contribution in [3.05, 3.63) is 12.5 Å². The standard InChI is InChI=1S/C8H16N4O2S.ClH/c1-3-12-6-10-5-8(12)15(13,14)11-7(2)4-9;/h5-7,11H,3-4,9H2,1-2H3;1H/t7-;/m1./s1. The highest BCUT2D eigenvalue weighted by atomic mass is 35.5. The lowest BCUT2D eigenvalue weighted by molar-refractivity contribution is 0.547. The molecule has 1 aromatic heterocycles. The molecule has 0 aliphatic carbocycles. The fraction of sp³-hybridized carbons (Fsp3) is 0.625. The number of sulfonamides is 1. The summed E-state index contributed by atoms with van der Waals surface area (Å²) in [7, 11) is -3.50. The third-order valence-electron chi connectivity index (χ3n) is 2.00. The zero-order chi connectivity index (χ0) is 11.5. The lowest BCUT2D eigenvalue weighted by Crippen LogP contribution is -2.38. The first kappa shape index (κ1) is 15.4. The molecule has 0 aromatic carbocycles. The van der Waals surface area contributed by atoms with E-state index >= 15 is 0 Å². The van der Waals surface area contributed by atoms with Crippen molar-refractivity contribution < 1.29 is 8.42 Å². The number of nitrogens with zero attached hydrogens (tertiary/aromatic N) is 2. The maximum Gasteiger partial charge on any atom is 0.258 e. The first-order valence-corrected chi connectivity index (χ1v) is 6.22. The quantitative estimate of drug-likeness (QED) is 0.784. The van der Waals surface area contributed by atoms with Crippen LogP contribution >= 0.6 is 12.4 Å². The minimum atomic E-state index is -3.50. The van der Waals surface area contributed by atoms with Gasteiger partial charge < -0.3 is 10.3 Å². The first-order valence-electron chi connectivity index (χ1n) is 4.73. The van der Waals surface area contributed by atoms with Gasteiger partial charge in [-0.1, -0.05) is 0 Å². The van der Waals surface area contributed by atoms with Gasteiger partial charge in [-0.25, -0.2) is 18.1 Å². The summed E-state index contributed by atoms with van der Waals surface area (Å²) in [4.78, 5) is 3.80. The van der Waals surface area contributed by atoms with E-state index in [-0.39, 0.29) is 30.0 Å². The fourth-order valence-electron chi connectivity index (χ4n) is 1.14. The van der Waals surface area contributed by atoms with E-state index in [4.69, 9.17) is 5.73 Å². The summed E-state index contributed by atoms with van der Waals surface area (Å²) in [5, 5.41) is 0.172. The second-order valence-corrected chi connectivity index (χ2v) is 4.94. The van der Waals surface area contributed by atoms with Crippen LogP contribution in [0.1, 0.15) is 13.8 Å². The highest BCUT2D eigenvalue weighted by molar-refractivity contribution is 7.89. The van der Waals surface area contributed by atoms with Crippen LogP contribution < -0.4 is 10.5 Å². The Kier molecular flexibility index (Phi) is 5.95. The number of hydrogen-bond acceptors (Lipinski definition) is 4. The molecule has 0 saturated heterocycles. The Morgan fingerprint density at radius 1 is 1.62 bits per heavy atom. The minimum Gasteiger partial charge on any atom is -0.329 e. The summed E-state index contributed by atoms with van der Waals surface area (Å²) in [6, 6.07) is -0.282. The molecule has 94 valence electrons. The molecule has 6 nitrogen and oxygen atoms in total. The van der Waals surface area contributed by atoms with E-state index in [1.165, 1.54) is 12.5 Å². The van der Waals surface area contributed by atoms with Crippen molar-refractivity contribution in [1.82, 2.24) is 14.3 Å². The Morgan fingerprint density at radius 2 is 2.25 bits per heavy atom. The summed E-state index contributed by atoms with van der Waals surface area (Å²) in [5.41, 5.74) is 5.35. The van der Waals surface area contributed by atoms with E-state index in [1.54, 1.807) is 11.5 Å². The predicted molar refractivity (Wildman–Crippen MR) is 64.0 cm³/mol. The third-order valence-corrected chi connectivity index (χ3v) is 3.60. The van der Waals surface area contributed by atoms with Crippen molar-refractivity contribution in [2.75, 3.05) is 6.54 Å². The van der Waals surface area contributed by atoms with Crippen molar-refractivity contribution in [3.8, 4) is 0 Å². The van der Waals surface area contributed by atoms with Crippen LogP contribution in [-0.2, 0) is 16.6 Å². The molecule has 0 fully saturated rings. The van der Waals surface area contributed by atoms with Gasteiger partial charge in [-0.3, -0.25) is 0 Å². The summed E-state index contributed by atoms with van der Waals surface area (Å²) in [6.07, 6.45) is 2.82. The number of aromatic nitrogens is 2. The Balaban J connectivity index is 0.00000225. The van der Waals surface area contributed by atoms with Crippen molar-refractivity contribution >= 4 is 22.4 Å². The lowest BCUT2D eigenvalue weighted by atomic mass is 10.4. The van der Waals surface area contributed by atoms with Gasteiger partial charge in [-0.2, -0.15) is 0 Å². The molecule has 1 rings (SSSR count). The van der Waals surface area contributed by atoms with Gasteiger partial charge in [0.05, 0.1) is 12.5 Å². The predicted octanol–water partition coefficient (Wildman–Crippen LogP) is -0.0497. The van der Waals surface area contributed by atoms with Crippen LogP contribution in [0, 0.1) is 0 Å². The number of halogens is 1. The molecule has 1 aromatic rings. The molecule has 0 aliphatic heterocycles. The van der Waals surface area contributed by atoms with Crippen LogP contribution in [0.5, 0.6) is 0 Å². The number of hydrogen-bond donors (Lipinski definition) is 2. The lowest BCUT2D eigenvalue weighted by Gasteiger charge is -2.12. The summed E-state index contributed by atoms with van der Waals surface area (Å²) >= 11 is 0. The van der Waals surface area contributed by atoms with Crippen LogP contribution in [0.4, 0.5) is 0 Å². The molecular weight excluding hydrogens is 252 g/mol. The molecule has 8 heteroatoms. The van der Waals surface area contributed by atoms with E-state index in [2.05, 4.69) is 9.71 Å². The van der Waals surface area contributed by atoms with E-state index in [1.807, 2.05) is 6.92 Å². The van der Waals surface area contributed by atoms with E-state index in [0.717, 1.165) is 0 Å². The van der Waals surface area contributed by atoms with Gasteiger partial charge in [0.15, 0.2) is 5.03 Å². The smallest absolute Gasteiger partial charge is 0.258 e. The van der Waals surface area contributed by atoms with Crippen LogP contribution in [0.2, 0.25) is 0 Å². The molecule has 0 aliphatic rings. The number of nitrogens with two attached hydrogens (primary N) is 1. The van der Waals surface area contributed by atoms with E-state index in [9.17, 15) is 8.42 Å². The summed E-state index contributed by atoms with van der Waals surface area (Å²) < 4.78 is 27.7. The van der Waals surface area contributed by atoms with Crippen LogP contribution in [0.15, 0.2) is 17.6 Å². The first-order chi connectivity index (χ1) is 7.01. The van der Waals surface area contributed by atoms with Gasteiger partial charge in [0.2, 0.25) is 0 Å². The molecule has 0 radical (unpaired) electrons. The highest BCUT2D eigenvalue weighted by Gasteiger charge is 2.20. The number of rotatable bonds is 5. The molecule has 1 heterocycles. The molecule has 16 heavy (non-hydrogen) atoms. The monoisotopic (exact) mass is 268 g/mol. The summed E-state index contributed by atoms with van der Waals surface area (Å²) in [5.74, 6) is 0.